The van der Waals surface area contributed by atoms with Crippen molar-refractivity contribution in [3.8, 4) is 0 Å². The number of hydrogen-bond donors (Lipinski definition) is 2. The van der Waals surface area contributed by atoms with Gasteiger partial charge in [-0.05, 0) is 57.0 Å². The summed E-state index contributed by atoms with van der Waals surface area (Å²) >= 11 is 1.54. The summed E-state index contributed by atoms with van der Waals surface area (Å²) in [5, 5.41) is 5.83. The molecule has 1 aromatic rings. The smallest absolute Gasteiger partial charge is 0.231 e. The van der Waals surface area contributed by atoms with Crippen LogP contribution in [0, 0.1) is 17.8 Å². The summed E-state index contributed by atoms with van der Waals surface area (Å²) < 4.78 is 0. The molecule has 3 aliphatic rings. The number of nitrogens with one attached hydrogen (secondary N) is 1. The van der Waals surface area contributed by atoms with E-state index in [0.29, 0.717) is 11.8 Å². The van der Waals surface area contributed by atoms with E-state index >= 15 is 0 Å². The Labute approximate surface area is 141 Å². The molecule has 2 bridgehead atoms. The Morgan fingerprint density at radius 2 is 2.09 bits per heavy atom. The maximum absolute atomic E-state index is 12.6. The van der Waals surface area contributed by atoms with Gasteiger partial charge in [0.25, 0.3) is 0 Å². The fraction of sp³-hybridized carbons (Fsp3) is 0.765. The minimum absolute atomic E-state index is 0.0109. The number of thiazole rings is 1. The number of amides is 1. The number of aromatic nitrogens is 1. The van der Waals surface area contributed by atoms with Crippen molar-refractivity contribution in [3.63, 3.8) is 0 Å². The van der Waals surface area contributed by atoms with Crippen LogP contribution in [0.1, 0.15) is 44.2 Å². The summed E-state index contributed by atoms with van der Waals surface area (Å²) in [5.41, 5.74) is 7.34. The van der Waals surface area contributed by atoms with Gasteiger partial charge in [-0.2, -0.15) is 0 Å². The lowest BCUT2D eigenvalue weighted by atomic mass is 9.84. The van der Waals surface area contributed by atoms with E-state index in [1.54, 1.807) is 0 Å². The van der Waals surface area contributed by atoms with Crippen molar-refractivity contribution in [2.24, 2.45) is 23.5 Å². The predicted octanol–water partition coefficient (Wildman–Crippen LogP) is 2.44. The lowest BCUT2D eigenvalue weighted by Crippen LogP contribution is -2.42. The van der Waals surface area contributed by atoms with E-state index in [0.717, 1.165) is 30.2 Å². The molecule has 3 fully saturated rings. The number of nitrogens with two attached hydrogens (primary N) is 1. The zero-order valence-corrected chi connectivity index (χ0v) is 14.4. The predicted molar refractivity (Wildman–Crippen MR) is 92.2 cm³/mol. The zero-order valence-electron chi connectivity index (χ0n) is 13.5. The summed E-state index contributed by atoms with van der Waals surface area (Å²) in [7, 11) is 0. The van der Waals surface area contributed by atoms with Gasteiger partial charge in [-0.15, -0.1) is 11.3 Å². The average Bonchev–Trinajstić information content (AvgIpc) is 3.25. The Balaban J connectivity index is 1.35. The van der Waals surface area contributed by atoms with Crippen LogP contribution in [0.15, 0.2) is 5.38 Å². The lowest BCUT2D eigenvalue weighted by molar-refractivity contribution is -0.121. The first-order valence-electron chi connectivity index (χ1n) is 8.94. The first-order valence-corrected chi connectivity index (χ1v) is 9.82. The number of likely N-dealkylation sites (tertiary alicyclic amines) is 1. The van der Waals surface area contributed by atoms with Gasteiger partial charge in [-0.1, -0.05) is 6.42 Å². The molecule has 0 aromatic carbocycles. The highest BCUT2D eigenvalue weighted by Gasteiger charge is 2.49. The Morgan fingerprint density at radius 3 is 2.83 bits per heavy atom. The van der Waals surface area contributed by atoms with Gasteiger partial charge in [0.05, 0.1) is 11.6 Å². The molecule has 1 amide bonds. The molecule has 2 heterocycles. The Bertz CT molecular complexity index is 567. The van der Waals surface area contributed by atoms with Gasteiger partial charge in [0.1, 0.15) is 0 Å². The number of anilines is 1. The molecule has 3 N–H and O–H groups in total. The molecule has 2 saturated carbocycles. The molecule has 126 valence electrons. The minimum Gasteiger partial charge on any atom is -0.327 e. The van der Waals surface area contributed by atoms with Crippen LogP contribution >= 0.6 is 11.3 Å². The van der Waals surface area contributed by atoms with Crippen molar-refractivity contribution < 1.29 is 4.79 Å². The Hall–Kier alpha value is -0.980. The second-order valence-electron chi connectivity index (χ2n) is 7.41. The Kier molecular flexibility index (Phi) is 4.39. The van der Waals surface area contributed by atoms with Gasteiger partial charge in [0.2, 0.25) is 5.91 Å². The molecule has 0 spiro atoms. The number of hydrogen-bond acceptors (Lipinski definition) is 5. The molecule has 5 nitrogen and oxygen atoms in total. The second-order valence-corrected chi connectivity index (χ2v) is 8.26. The average molecular weight is 334 g/mol. The fourth-order valence-corrected chi connectivity index (χ4v) is 5.40. The van der Waals surface area contributed by atoms with E-state index < -0.39 is 0 Å². The first kappa shape index (κ1) is 15.5. The zero-order chi connectivity index (χ0) is 15.8. The van der Waals surface area contributed by atoms with Crippen LogP contribution in [0.25, 0.3) is 0 Å². The van der Waals surface area contributed by atoms with Gasteiger partial charge in [-0.3, -0.25) is 9.69 Å². The van der Waals surface area contributed by atoms with E-state index in [4.69, 9.17) is 5.73 Å². The maximum Gasteiger partial charge on any atom is 0.231 e. The molecular weight excluding hydrogens is 308 g/mol. The SMILES string of the molecule is NC1C2CCC(C2)C1C(=O)Nc1nc(CN2CCCCC2)cs1. The van der Waals surface area contributed by atoms with Gasteiger partial charge < -0.3 is 11.1 Å². The monoisotopic (exact) mass is 334 g/mol. The fourth-order valence-electron chi connectivity index (χ4n) is 4.70. The molecule has 2 aliphatic carbocycles. The van der Waals surface area contributed by atoms with Crippen molar-refractivity contribution >= 4 is 22.4 Å². The molecule has 4 unspecified atom stereocenters. The van der Waals surface area contributed by atoms with E-state index in [1.807, 2.05) is 0 Å². The Morgan fingerprint density at radius 1 is 1.30 bits per heavy atom. The van der Waals surface area contributed by atoms with E-state index in [-0.39, 0.29) is 17.9 Å². The van der Waals surface area contributed by atoms with Gasteiger partial charge in [-0.25, -0.2) is 4.98 Å². The van der Waals surface area contributed by atoms with Crippen LogP contribution in [0.4, 0.5) is 5.13 Å². The van der Waals surface area contributed by atoms with Crippen LogP contribution in [0.2, 0.25) is 0 Å². The number of rotatable bonds is 4. The third kappa shape index (κ3) is 3.16. The van der Waals surface area contributed by atoms with Crippen molar-refractivity contribution in [1.29, 1.82) is 0 Å². The molecule has 1 aromatic heterocycles. The number of nitrogens with zero attached hydrogens (tertiary/aromatic N) is 2. The van der Waals surface area contributed by atoms with Crippen LogP contribution in [0.5, 0.6) is 0 Å². The van der Waals surface area contributed by atoms with Crippen molar-refractivity contribution in [2.45, 2.75) is 51.1 Å². The second kappa shape index (κ2) is 6.49. The molecule has 1 saturated heterocycles. The minimum atomic E-state index is -0.0109. The summed E-state index contributed by atoms with van der Waals surface area (Å²) in [6, 6.07) is 0.0431. The van der Waals surface area contributed by atoms with E-state index in [1.165, 1.54) is 50.1 Å². The number of carbonyl (C=O) groups is 1. The highest BCUT2D eigenvalue weighted by molar-refractivity contribution is 7.13. The third-order valence-corrected chi connectivity index (χ3v) is 6.71. The van der Waals surface area contributed by atoms with Gasteiger partial charge >= 0.3 is 0 Å². The van der Waals surface area contributed by atoms with Crippen LogP contribution in [-0.2, 0) is 11.3 Å². The largest absolute Gasteiger partial charge is 0.327 e. The van der Waals surface area contributed by atoms with E-state index in [2.05, 4.69) is 20.6 Å². The highest BCUT2D eigenvalue weighted by Crippen LogP contribution is 2.47. The van der Waals surface area contributed by atoms with Crippen LogP contribution in [0.3, 0.4) is 0 Å². The maximum atomic E-state index is 12.6. The number of fused-ring (bicyclic) bond motifs is 2. The summed E-state index contributed by atoms with van der Waals surface area (Å²) in [6.45, 7) is 3.23. The van der Waals surface area contributed by atoms with Gasteiger partial charge in [0.15, 0.2) is 5.13 Å². The number of piperidine rings is 1. The van der Waals surface area contributed by atoms with Crippen LogP contribution < -0.4 is 11.1 Å². The molecule has 4 atom stereocenters. The lowest BCUT2D eigenvalue weighted by Gasteiger charge is -2.26. The highest BCUT2D eigenvalue weighted by atomic mass is 32.1. The van der Waals surface area contributed by atoms with Crippen molar-refractivity contribution in [3.05, 3.63) is 11.1 Å². The van der Waals surface area contributed by atoms with Crippen molar-refractivity contribution in [1.82, 2.24) is 9.88 Å². The topological polar surface area (TPSA) is 71.2 Å². The van der Waals surface area contributed by atoms with E-state index in [9.17, 15) is 4.79 Å². The first-order chi connectivity index (χ1) is 11.2. The normalized spacial score (nSPS) is 34.0. The molecule has 0 radical (unpaired) electrons. The van der Waals surface area contributed by atoms with Gasteiger partial charge in [0, 0.05) is 18.0 Å². The molecule has 4 rings (SSSR count). The van der Waals surface area contributed by atoms with Crippen LogP contribution in [-0.4, -0.2) is 34.9 Å². The quantitative estimate of drug-likeness (QED) is 0.887. The molecule has 6 heteroatoms. The summed E-state index contributed by atoms with van der Waals surface area (Å²) in [5.74, 6) is 1.12. The standard InChI is InChI=1S/C17H26N4OS/c18-15-12-5-4-11(8-12)14(15)16(22)20-17-19-13(10-23-17)9-21-6-2-1-3-7-21/h10-12,14-15H,1-9,18H2,(H,19,20,22). The summed E-state index contributed by atoms with van der Waals surface area (Å²) in [4.78, 5) is 19.6. The van der Waals surface area contributed by atoms with Crippen molar-refractivity contribution in [2.75, 3.05) is 18.4 Å². The molecule has 1 aliphatic heterocycles. The molecular formula is C17H26N4OS. The summed E-state index contributed by atoms with van der Waals surface area (Å²) in [6.07, 6.45) is 7.42. The third-order valence-electron chi connectivity index (χ3n) is 5.90. The molecule has 23 heavy (non-hydrogen) atoms. The number of carbonyl (C=O) groups excluding carboxylic acids is 1.